The van der Waals surface area contributed by atoms with Crippen LogP contribution in [0.25, 0.3) is 10.2 Å². The highest BCUT2D eigenvalue weighted by Crippen LogP contribution is 2.29. The Morgan fingerprint density at radius 3 is 2.62 bits per heavy atom. The van der Waals surface area contributed by atoms with Crippen LogP contribution in [0.4, 0.5) is 11.6 Å². The van der Waals surface area contributed by atoms with Gasteiger partial charge in [-0.05, 0) is 36.1 Å². The SMILES string of the molecule is CCc1nc(N2CCN(c3cc(C)ccn3)CC2)c2ccsc2n1. The molecule has 0 radical (unpaired) electrons. The summed E-state index contributed by atoms with van der Waals surface area (Å²) in [5, 5.41) is 3.29. The predicted molar refractivity (Wildman–Crippen MR) is 100 cm³/mol. The van der Waals surface area contributed by atoms with Crippen molar-refractivity contribution >= 4 is 33.2 Å². The number of anilines is 2. The van der Waals surface area contributed by atoms with Crippen LogP contribution in [0.15, 0.2) is 29.8 Å². The molecule has 3 aromatic heterocycles. The average Bonchev–Trinajstić information content (AvgIpc) is 3.09. The molecular formula is C18H21N5S. The van der Waals surface area contributed by atoms with E-state index >= 15 is 0 Å². The third-order valence-corrected chi connectivity index (χ3v) is 5.28. The van der Waals surface area contributed by atoms with Crippen molar-refractivity contribution in [1.29, 1.82) is 0 Å². The van der Waals surface area contributed by atoms with E-state index in [2.05, 4.69) is 51.1 Å². The van der Waals surface area contributed by atoms with Gasteiger partial charge in [0.05, 0.1) is 5.39 Å². The standard InChI is InChI=1S/C18H21N5S/c1-3-15-20-17(14-5-11-24-18(14)21-15)23-9-7-22(8-10-23)16-12-13(2)4-6-19-16/h4-6,11-12H,3,7-10H2,1-2H3. The van der Waals surface area contributed by atoms with Crippen molar-refractivity contribution in [2.24, 2.45) is 0 Å². The second kappa shape index (κ2) is 6.36. The van der Waals surface area contributed by atoms with Crippen molar-refractivity contribution in [3.05, 3.63) is 41.2 Å². The lowest BCUT2D eigenvalue weighted by Gasteiger charge is -2.36. The summed E-state index contributed by atoms with van der Waals surface area (Å²) >= 11 is 1.70. The zero-order chi connectivity index (χ0) is 16.5. The summed E-state index contributed by atoms with van der Waals surface area (Å²) in [4.78, 5) is 19.8. The van der Waals surface area contributed by atoms with E-state index in [1.807, 2.05) is 12.3 Å². The molecule has 4 rings (SSSR count). The first-order valence-corrected chi connectivity index (χ1v) is 9.29. The Bertz CT molecular complexity index is 851. The fourth-order valence-corrected chi connectivity index (χ4v) is 3.90. The molecule has 0 saturated carbocycles. The number of thiophene rings is 1. The molecule has 4 heterocycles. The van der Waals surface area contributed by atoms with Crippen LogP contribution >= 0.6 is 11.3 Å². The van der Waals surface area contributed by atoms with E-state index < -0.39 is 0 Å². The fraction of sp³-hybridized carbons (Fsp3) is 0.389. The Kier molecular flexibility index (Phi) is 4.06. The van der Waals surface area contributed by atoms with E-state index in [0.717, 1.165) is 54.9 Å². The number of aromatic nitrogens is 3. The maximum Gasteiger partial charge on any atom is 0.141 e. The van der Waals surface area contributed by atoms with Crippen LogP contribution in [0.2, 0.25) is 0 Å². The number of fused-ring (bicyclic) bond motifs is 1. The lowest BCUT2D eigenvalue weighted by molar-refractivity contribution is 0.641. The summed E-state index contributed by atoms with van der Waals surface area (Å²) in [5.41, 5.74) is 1.26. The number of piperazine rings is 1. The van der Waals surface area contributed by atoms with Crippen LogP contribution in [0.1, 0.15) is 18.3 Å². The van der Waals surface area contributed by atoms with E-state index in [-0.39, 0.29) is 0 Å². The maximum atomic E-state index is 4.81. The summed E-state index contributed by atoms with van der Waals surface area (Å²) in [6.45, 7) is 8.07. The molecule has 3 aromatic rings. The molecule has 124 valence electrons. The van der Waals surface area contributed by atoms with E-state index in [1.165, 1.54) is 10.9 Å². The van der Waals surface area contributed by atoms with Gasteiger partial charge in [0.15, 0.2) is 0 Å². The van der Waals surface area contributed by atoms with Gasteiger partial charge in [0.2, 0.25) is 0 Å². The van der Waals surface area contributed by atoms with Crippen LogP contribution in [0.5, 0.6) is 0 Å². The number of hydrogen-bond acceptors (Lipinski definition) is 6. The van der Waals surface area contributed by atoms with Crippen molar-refractivity contribution < 1.29 is 0 Å². The zero-order valence-corrected chi connectivity index (χ0v) is 14.9. The largest absolute Gasteiger partial charge is 0.353 e. The molecule has 0 aromatic carbocycles. The van der Waals surface area contributed by atoms with E-state index in [9.17, 15) is 0 Å². The van der Waals surface area contributed by atoms with Gasteiger partial charge >= 0.3 is 0 Å². The fourth-order valence-electron chi connectivity index (χ4n) is 3.12. The summed E-state index contributed by atoms with van der Waals surface area (Å²) < 4.78 is 0. The topological polar surface area (TPSA) is 45.2 Å². The number of rotatable bonds is 3. The van der Waals surface area contributed by atoms with Gasteiger partial charge in [-0.3, -0.25) is 0 Å². The number of aryl methyl sites for hydroxylation is 2. The first-order chi connectivity index (χ1) is 11.7. The van der Waals surface area contributed by atoms with Crippen LogP contribution in [0.3, 0.4) is 0 Å². The van der Waals surface area contributed by atoms with Gasteiger partial charge in [-0.2, -0.15) is 0 Å². The molecule has 1 saturated heterocycles. The van der Waals surface area contributed by atoms with Gasteiger partial charge in [0, 0.05) is 38.8 Å². The predicted octanol–water partition coefficient (Wildman–Crippen LogP) is 3.28. The highest BCUT2D eigenvalue weighted by Gasteiger charge is 2.21. The molecule has 24 heavy (non-hydrogen) atoms. The Morgan fingerprint density at radius 2 is 1.88 bits per heavy atom. The van der Waals surface area contributed by atoms with Crippen molar-refractivity contribution in [3.63, 3.8) is 0 Å². The van der Waals surface area contributed by atoms with Crippen molar-refractivity contribution in [2.75, 3.05) is 36.0 Å². The summed E-state index contributed by atoms with van der Waals surface area (Å²) in [6, 6.07) is 6.34. The maximum absolute atomic E-state index is 4.81. The summed E-state index contributed by atoms with van der Waals surface area (Å²) in [5.74, 6) is 3.10. The monoisotopic (exact) mass is 339 g/mol. The smallest absolute Gasteiger partial charge is 0.141 e. The molecule has 6 heteroatoms. The first-order valence-electron chi connectivity index (χ1n) is 8.41. The highest BCUT2D eigenvalue weighted by molar-refractivity contribution is 7.16. The minimum absolute atomic E-state index is 0.869. The molecule has 0 bridgehead atoms. The number of nitrogens with zero attached hydrogens (tertiary/aromatic N) is 5. The second-order valence-corrected chi connectivity index (χ2v) is 7.02. The Labute approximate surface area is 146 Å². The van der Waals surface area contributed by atoms with Crippen LogP contribution in [0, 0.1) is 6.92 Å². The molecule has 0 amide bonds. The van der Waals surface area contributed by atoms with Gasteiger partial charge in [-0.15, -0.1) is 11.3 Å². The van der Waals surface area contributed by atoms with E-state index in [1.54, 1.807) is 11.3 Å². The van der Waals surface area contributed by atoms with Crippen LogP contribution < -0.4 is 9.80 Å². The molecule has 5 nitrogen and oxygen atoms in total. The minimum atomic E-state index is 0.869. The van der Waals surface area contributed by atoms with Gasteiger partial charge in [-0.25, -0.2) is 15.0 Å². The van der Waals surface area contributed by atoms with Crippen molar-refractivity contribution in [1.82, 2.24) is 15.0 Å². The molecular weight excluding hydrogens is 318 g/mol. The normalized spacial score (nSPS) is 15.2. The molecule has 0 unspecified atom stereocenters. The lowest BCUT2D eigenvalue weighted by Crippen LogP contribution is -2.47. The number of pyridine rings is 1. The second-order valence-electron chi connectivity index (χ2n) is 6.12. The number of hydrogen-bond donors (Lipinski definition) is 0. The van der Waals surface area contributed by atoms with Gasteiger partial charge < -0.3 is 9.80 Å². The summed E-state index contributed by atoms with van der Waals surface area (Å²) in [7, 11) is 0. The van der Waals surface area contributed by atoms with Crippen LogP contribution in [-0.2, 0) is 6.42 Å². The third kappa shape index (κ3) is 2.82. The molecule has 1 aliphatic rings. The van der Waals surface area contributed by atoms with E-state index in [4.69, 9.17) is 4.98 Å². The molecule has 1 aliphatic heterocycles. The van der Waals surface area contributed by atoms with Crippen LogP contribution in [-0.4, -0.2) is 41.1 Å². The highest BCUT2D eigenvalue weighted by atomic mass is 32.1. The van der Waals surface area contributed by atoms with Crippen molar-refractivity contribution in [3.8, 4) is 0 Å². The first kappa shape index (κ1) is 15.3. The molecule has 0 aliphatic carbocycles. The molecule has 1 fully saturated rings. The Balaban J connectivity index is 1.57. The Hall–Kier alpha value is -2.21. The summed E-state index contributed by atoms with van der Waals surface area (Å²) in [6.07, 6.45) is 2.76. The molecule has 0 N–H and O–H groups in total. The molecule has 0 spiro atoms. The molecule has 0 atom stereocenters. The zero-order valence-electron chi connectivity index (χ0n) is 14.1. The van der Waals surface area contributed by atoms with Gasteiger partial charge in [0.1, 0.15) is 22.3 Å². The van der Waals surface area contributed by atoms with Gasteiger partial charge in [-0.1, -0.05) is 6.92 Å². The lowest BCUT2D eigenvalue weighted by atomic mass is 10.2. The Morgan fingerprint density at radius 1 is 1.08 bits per heavy atom. The minimum Gasteiger partial charge on any atom is -0.353 e. The average molecular weight is 339 g/mol. The quantitative estimate of drug-likeness (QED) is 0.733. The van der Waals surface area contributed by atoms with Crippen molar-refractivity contribution in [2.45, 2.75) is 20.3 Å². The third-order valence-electron chi connectivity index (χ3n) is 4.47. The van der Waals surface area contributed by atoms with E-state index in [0.29, 0.717) is 0 Å². The van der Waals surface area contributed by atoms with Gasteiger partial charge in [0.25, 0.3) is 0 Å².